The Morgan fingerprint density at radius 2 is 1.86 bits per heavy atom. The lowest BCUT2D eigenvalue weighted by Gasteiger charge is -2.11. The van der Waals surface area contributed by atoms with Crippen molar-refractivity contribution in [3.63, 3.8) is 0 Å². The van der Waals surface area contributed by atoms with E-state index in [1.807, 2.05) is 0 Å². The summed E-state index contributed by atoms with van der Waals surface area (Å²) in [5.74, 6) is -0.202. The van der Waals surface area contributed by atoms with Gasteiger partial charge >= 0.3 is 5.97 Å². The van der Waals surface area contributed by atoms with Crippen LogP contribution in [0.25, 0.3) is 5.57 Å². The number of hydrogen-bond acceptors (Lipinski definition) is 5. The fourth-order valence-electron chi connectivity index (χ4n) is 2.26. The summed E-state index contributed by atoms with van der Waals surface area (Å²) in [5, 5.41) is 0. The molecule has 0 bridgehead atoms. The zero-order chi connectivity index (χ0) is 16.0. The third-order valence-electron chi connectivity index (χ3n) is 4.11. The van der Waals surface area contributed by atoms with Gasteiger partial charge in [-0.25, -0.2) is 13.2 Å². The van der Waals surface area contributed by atoms with Crippen LogP contribution in [0.4, 0.5) is 0 Å². The van der Waals surface area contributed by atoms with Crippen LogP contribution in [0, 0.1) is 5.41 Å². The molecule has 0 amide bonds. The lowest BCUT2D eigenvalue weighted by atomic mass is 10.1. The van der Waals surface area contributed by atoms with Crippen LogP contribution in [0.1, 0.15) is 25.3 Å². The van der Waals surface area contributed by atoms with Gasteiger partial charge in [0.15, 0.2) is 9.84 Å². The molecule has 2 aliphatic rings. The fraction of sp³-hybridized carbons (Fsp3) is 0.438. The number of carbonyl (C=O) groups is 1. The average molecular weight is 322 g/mol. The Balaban J connectivity index is 1.86. The van der Waals surface area contributed by atoms with Crippen LogP contribution in [0.3, 0.4) is 0 Å². The maximum absolute atomic E-state index is 11.8. The van der Waals surface area contributed by atoms with E-state index in [0.717, 1.165) is 24.7 Å². The van der Waals surface area contributed by atoms with E-state index in [4.69, 9.17) is 9.47 Å². The van der Waals surface area contributed by atoms with Gasteiger partial charge in [0, 0.05) is 17.2 Å². The molecule has 1 aromatic carbocycles. The van der Waals surface area contributed by atoms with Crippen molar-refractivity contribution in [2.75, 3.05) is 19.5 Å². The molecule has 22 heavy (non-hydrogen) atoms. The average Bonchev–Trinajstić information content (AvgIpc) is 3.08. The van der Waals surface area contributed by atoms with Gasteiger partial charge in [-0.05, 0) is 30.5 Å². The number of sulfone groups is 1. The first-order valence-electron chi connectivity index (χ1n) is 7.12. The Hall–Kier alpha value is -1.82. The summed E-state index contributed by atoms with van der Waals surface area (Å²) in [7, 11) is -3.23. The summed E-state index contributed by atoms with van der Waals surface area (Å²) in [6.45, 7) is 2.78. The van der Waals surface area contributed by atoms with Crippen molar-refractivity contribution in [1.29, 1.82) is 0 Å². The van der Waals surface area contributed by atoms with Crippen molar-refractivity contribution in [2.24, 2.45) is 5.41 Å². The van der Waals surface area contributed by atoms with Gasteiger partial charge < -0.3 is 9.47 Å². The molecule has 0 radical (unpaired) electrons. The summed E-state index contributed by atoms with van der Waals surface area (Å²) in [4.78, 5) is 12.1. The Bertz CT molecular complexity index is 739. The van der Waals surface area contributed by atoms with Crippen LogP contribution < -0.4 is 0 Å². The third-order valence-corrected chi connectivity index (χ3v) is 5.24. The molecule has 0 unspecified atom stereocenters. The van der Waals surface area contributed by atoms with E-state index in [-0.39, 0.29) is 22.7 Å². The molecule has 0 aromatic heterocycles. The van der Waals surface area contributed by atoms with Gasteiger partial charge in [-0.1, -0.05) is 19.1 Å². The van der Waals surface area contributed by atoms with E-state index >= 15 is 0 Å². The lowest BCUT2D eigenvalue weighted by molar-refractivity contribution is -0.139. The second-order valence-electron chi connectivity index (χ2n) is 6.28. The summed E-state index contributed by atoms with van der Waals surface area (Å²) < 4.78 is 33.7. The molecule has 0 atom stereocenters. The molecule has 118 valence electrons. The van der Waals surface area contributed by atoms with Gasteiger partial charge in [0.2, 0.25) is 5.76 Å². The maximum Gasteiger partial charge on any atom is 0.374 e. The Morgan fingerprint density at radius 3 is 2.41 bits per heavy atom. The van der Waals surface area contributed by atoms with Crippen LogP contribution in [0.5, 0.6) is 0 Å². The van der Waals surface area contributed by atoms with Crippen molar-refractivity contribution in [3.8, 4) is 0 Å². The van der Waals surface area contributed by atoms with Gasteiger partial charge in [-0.3, -0.25) is 0 Å². The highest BCUT2D eigenvalue weighted by molar-refractivity contribution is 7.90. The van der Waals surface area contributed by atoms with Crippen molar-refractivity contribution in [1.82, 2.24) is 0 Å². The monoisotopic (exact) mass is 322 g/mol. The number of benzene rings is 1. The number of carbonyl (C=O) groups excluding carboxylic acids is 1. The molecule has 0 N–H and O–H groups in total. The van der Waals surface area contributed by atoms with Crippen LogP contribution >= 0.6 is 0 Å². The number of esters is 1. The Labute approximate surface area is 129 Å². The number of rotatable bonds is 5. The SMILES string of the molecule is CC1(COC2=C(c3ccc(S(C)(=O)=O)cc3)COC2=O)CC1. The van der Waals surface area contributed by atoms with Gasteiger partial charge in [0.25, 0.3) is 0 Å². The molecule has 1 saturated carbocycles. The number of cyclic esters (lactones) is 1. The van der Waals surface area contributed by atoms with Crippen molar-refractivity contribution < 1.29 is 22.7 Å². The number of hydrogen-bond donors (Lipinski definition) is 0. The van der Waals surface area contributed by atoms with Crippen molar-refractivity contribution >= 4 is 21.4 Å². The molecule has 3 rings (SSSR count). The highest BCUT2D eigenvalue weighted by Crippen LogP contribution is 2.45. The lowest BCUT2D eigenvalue weighted by Crippen LogP contribution is -2.10. The quantitative estimate of drug-likeness (QED) is 0.777. The fourth-order valence-corrected chi connectivity index (χ4v) is 2.89. The molecule has 1 heterocycles. The molecular weight excluding hydrogens is 304 g/mol. The highest BCUT2D eigenvalue weighted by atomic mass is 32.2. The third kappa shape index (κ3) is 3.02. The van der Waals surface area contributed by atoms with Gasteiger partial charge in [0.1, 0.15) is 6.61 Å². The normalized spacial score (nSPS) is 20.0. The summed E-state index contributed by atoms with van der Waals surface area (Å²) >= 11 is 0. The van der Waals surface area contributed by atoms with Gasteiger partial charge in [-0.2, -0.15) is 0 Å². The molecule has 1 aromatic rings. The van der Waals surface area contributed by atoms with Crippen LogP contribution in [-0.2, 0) is 24.1 Å². The second-order valence-corrected chi connectivity index (χ2v) is 8.30. The minimum Gasteiger partial charge on any atom is -0.486 e. The van der Waals surface area contributed by atoms with E-state index in [1.165, 1.54) is 12.1 Å². The first-order chi connectivity index (χ1) is 10.3. The Morgan fingerprint density at radius 1 is 1.23 bits per heavy atom. The minimum atomic E-state index is -3.23. The smallest absolute Gasteiger partial charge is 0.374 e. The number of ether oxygens (including phenoxy) is 2. The highest BCUT2D eigenvalue weighted by Gasteiger charge is 2.39. The molecule has 1 aliphatic heterocycles. The molecule has 5 nitrogen and oxygen atoms in total. The molecule has 0 spiro atoms. The zero-order valence-corrected chi connectivity index (χ0v) is 13.4. The molecule has 0 saturated heterocycles. The van der Waals surface area contributed by atoms with E-state index in [2.05, 4.69) is 6.92 Å². The van der Waals surface area contributed by atoms with E-state index < -0.39 is 15.8 Å². The summed E-state index contributed by atoms with van der Waals surface area (Å²) in [6.07, 6.45) is 3.37. The van der Waals surface area contributed by atoms with Gasteiger partial charge in [0.05, 0.1) is 11.5 Å². The second kappa shape index (κ2) is 5.12. The molecule has 1 aliphatic carbocycles. The van der Waals surface area contributed by atoms with Crippen molar-refractivity contribution in [2.45, 2.75) is 24.7 Å². The minimum absolute atomic E-state index is 0.156. The van der Waals surface area contributed by atoms with Gasteiger partial charge in [-0.15, -0.1) is 0 Å². The van der Waals surface area contributed by atoms with Crippen LogP contribution in [-0.4, -0.2) is 33.9 Å². The van der Waals surface area contributed by atoms with Crippen molar-refractivity contribution in [3.05, 3.63) is 35.6 Å². The summed E-state index contributed by atoms with van der Waals surface area (Å²) in [5.41, 5.74) is 1.59. The standard InChI is InChI=1S/C16H18O5S/c1-16(7-8-16)10-21-14-13(9-20-15(14)17)11-3-5-12(6-4-11)22(2,18)19/h3-6H,7-10H2,1-2H3. The van der Waals surface area contributed by atoms with Crippen LogP contribution in [0.15, 0.2) is 34.9 Å². The largest absolute Gasteiger partial charge is 0.486 e. The topological polar surface area (TPSA) is 69.7 Å². The van der Waals surface area contributed by atoms with E-state index in [0.29, 0.717) is 12.2 Å². The Kier molecular flexibility index (Phi) is 3.51. The first-order valence-corrected chi connectivity index (χ1v) is 9.01. The van der Waals surface area contributed by atoms with E-state index in [9.17, 15) is 13.2 Å². The maximum atomic E-state index is 11.8. The zero-order valence-electron chi connectivity index (χ0n) is 12.6. The molecule has 1 fully saturated rings. The molecular formula is C16H18O5S. The molecule has 6 heteroatoms. The van der Waals surface area contributed by atoms with Crippen LogP contribution in [0.2, 0.25) is 0 Å². The van der Waals surface area contributed by atoms with E-state index in [1.54, 1.807) is 12.1 Å². The first kappa shape index (κ1) is 15.1. The summed E-state index contributed by atoms with van der Waals surface area (Å²) in [6, 6.07) is 6.41. The predicted molar refractivity (Wildman–Crippen MR) is 80.7 cm³/mol. The predicted octanol–water partition coefficient (Wildman–Crippen LogP) is 2.17.